The predicted molar refractivity (Wildman–Crippen MR) is 73.0 cm³/mol. The number of aliphatic carboxylic acids is 1. The summed E-state index contributed by atoms with van der Waals surface area (Å²) in [7, 11) is 0. The van der Waals surface area contributed by atoms with Crippen LogP contribution in [0.3, 0.4) is 0 Å². The summed E-state index contributed by atoms with van der Waals surface area (Å²) in [4.78, 5) is 32.5. The minimum Gasteiger partial charge on any atom is -0.481 e. The van der Waals surface area contributed by atoms with Gasteiger partial charge in [-0.3, -0.25) is 19.7 Å². The third kappa shape index (κ3) is 4.84. The van der Waals surface area contributed by atoms with Crippen LogP contribution in [-0.2, 0) is 4.79 Å². The molecule has 0 heterocycles. The summed E-state index contributed by atoms with van der Waals surface area (Å²) in [6, 6.07) is 3.88. The number of aliphatic hydroxyl groups is 1. The molecule has 0 spiro atoms. The van der Waals surface area contributed by atoms with E-state index in [1.807, 2.05) is 0 Å². The van der Waals surface area contributed by atoms with Gasteiger partial charge in [-0.15, -0.1) is 0 Å². The summed E-state index contributed by atoms with van der Waals surface area (Å²) in [5, 5.41) is 31.5. The fraction of sp³-hybridized carbons (Fsp3) is 0.385. The number of carbonyl (C=O) groups is 2. The SMILES string of the molecule is Cc1cc(C(=O)NCC(C)(O)CC(=O)O)ccc1[N+](=O)[O-]. The van der Waals surface area contributed by atoms with Gasteiger partial charge in [0.15, 0.2) is 0 Å². The quantitative estimate of drug-likeness (QED) is 0.527. The van der Waals surface area contributed by atoms with E-state index < -0.39 is 28.8 Å². The van der Waals surface area contributed by atoms with Gasteiger partial charge in [-0.25, -0.2) is 0 Å². The van der Waals surface area contributed by atoms with Crippen molar-refractivity contribution in [3.05, 3.63) is 39.4 Å². The van der Waals surface area contributed by atoms with Crippen LogP contribution in [0.2, 0.25) is 0 Å². The van der Waals surface area contributed by atoms with Crippen molar-refractivity contribution in [1.82, 2.24) is 5.32 Å². The average molecular weight is 296 g/mol. The molecule has 0 bridgehead atoms. The molecule has 0 aliphatic carbocycles. The number of carboxylic acids is 1. The molecule has 0 fully saturated rings. The van der Waals surface area contributed by atoms with Gasteiger partial charge in [0.25, 0.3) is 11.6 Å². The Hall–Kier alpha value is -2.48. The Balaban J connectivity index is 2.75. The Labute approximate surface area is 120 Å². The third-order valence-electron chi connectivity index (χ3n) is 2.82. The maximum absolute atomic E-state index is 11.9. The highest BCUT2D eigenvalue weighted by atomic mass is 16.6. The monoisotopic (exact) mass is 296 g/mol. The van der Waals surface area contributed by atoms with Gasteiger partial charge in [-0.2, -0.15) is 0 Å². The number of amides is 1. The zero-order valence-electron chi connectivity index (χ0n) is 11.6. The van der Waals surface area contributed by atoms with Crippen LogP contribution >= 0.6 is 0 Å². The number of nitrogens with zero attached hydrogens (tertiary/aromatic N) is 1. The molecule has 0 radical (unpaired) electrons. The molecule has 1 rings (SSSR count). The number of carbonyl (C=O) groups excluding carboxylic acids is 1. The van der Waals surface area contributed by atoms with E-state index in [1.54, 1.807) is 0 Å². The summed E-state index contributed by atoms with van der Waals surface area (Å²) in [6.07, 6.45) is -0.507. The number of aryl methyl sites for hydroxylation is 1. The van der Waals surface area contributed by atoms with Gasteiger partial charge in [0.05, 0.1) is 16.9 Å². The normalized spacial score (nSPS) is 13.3. The largest absolute Gasteiger partial charge is 0.481 e. The summed E-state index contributed by atoms with van der Waals surface area (Å²) >= 11 is 0. The number of nitro groups is 1. The number of nitrogens with one attached hydrogen (secondary N) is 1. The molecule has 0 aliphatic heterocycles. The highest BCUT2D eigenvalue weighted by molar-refractivity contribution is 5.94. The van der Waals surface area contributed by atoms with Crippen LogP contribution < -0.4 is 5.32 Å². The minimum atomic E-state index is -1.57. The van der Waals surface area contributed by atoms with Crippen molar-refractivity contribution in [2.24, 2.45) is 0 Å². The van der Waals surface area contributed by atoms with E-state index >= 15 is 0 Å². The molecule has 0 aliphatic rings. The van der Waals surface area contributed by atoms with Crippen LogP contribution in [0.25, 0.3) is 0 Å². The number of hydrogen-bond acceptors (Lipinski definition) is 5. The molecule has 1 aromatic carbocycles. The molecule has 1 unspecified atom stereocenters. The zero-order valence-corrected chi connectivity index (χ0v) is 11.6. The van der Waals surface area contributed by atoms with E-state index in [0.29, 0.717) is 5.56 Å². The van der Waals surface area contributed by atoms with E-state index in [9.17, 15) is 24.8 Å². The van der Waals surface area contributed by atoms with Crippen LogP contribution in [0, 0.1) is 17.0 Å². The third-order valence-corrected chi connectivity index (χ3v) is 2.82. The smallest absolute Gasteiger partial charge is 0.306 e. The topological polar surface area (TPSA) is 130 Å². The molecule has 8 nitrogen and oxygen atoms in total. The number of rotatable bonds is 6. The number of benzene rings is 1. The lowest BCUT2D eigenvalue weighted by Crippen LogP contribution is -2.42. The lowest BCUT2D eigenvalue weighted by atomic mass is 10.0. The molecule has 3 N–H and O–H groups in total. The Bertz CT molecular complexity index is 582. The van der Waals surface area contributed by atoms with Gasteiger partial charge in [0.1, 0.15) is 0 Å². The minimum absolute atomic E-state index is 0.0931. The maximum Gasteiger partial charge on any atom is 0.306 e. The molecule has 0 aromatic heterocycles. The first-order valence-electron chi connectivity index (χ1n) is 6.10. The number of nitro benzene ring substituents is 1. The summed E-state index contributed by atoms with van der Waals surface area (Å²) in [5.41, 5.74) is -1.13. The van der Waals surface area contributed by atoms with Gasteiger partial charge in [0, 0.05) is 23.7 Å². The zero-order chi connectivity index (χ0) is 16.2. The van der Waals surface area contributed by atoms with E-state index in [2.05, 4.69) is 5.32 Å². The molecule has 21 heavy (non-hydrogen) atoms. The summed E-state index contributed by atoms with van der Waals surface area (Å²) in [5.74, 6) is -1.72. The van der Waals surface area contributed by atoms with Crippen molar-refractivity contribution in [1.29, 1.82) is 0 Å². The molecule has 1 amide bonds. The number of carboxylic acid groups (broad SMARTS) is 1. The second-order valence-corrected chi connectivity index (χ2v) is 5.01. The van der Waals surface area contributed by atoms with Crippen molar-refractivity contribution in [2.45, 2.75) is 25.9 Å². The Morgan fingerprint density at radius 1 is 1.43 bits per heavy atom. The first kappa shape index (κ1) is 16.6. The highest BCUT2D eigenvalue weighted by Crippen LogP contribution is 2.18. The van der Waals surface area contributed by atoms with E-state index in [-0.39, 0.29) is 17.8 Å². The van der Waals surface area contributed by atoms with E-state index in [1.165, 1.54) is 32.0 Å². The molecule has 1 atom stereocenters. The van der Waals surface area contributed by atoms with E-state index in [4.69, 9.17) is 5.11 Å². The average Bonchev–Trinajstić information content (AvgIpc) is 2.33. The van der Waals surface area contributed by atoms with Gasteiger partial charge >= 0.3 is 5.97 Å². The molecule has 8 heteroatoms. The van der Waals surface area contributed by atoms with Crippen LogP contribution in [0.5, 0.6) is 0 Å². The van der Waals surface area contributed by atoms with Crippen molar-refractivity contribution < 1.29 is 24.7 Å². The first-order valence-corrected chi connectivity index (χ1v) is 6.10. The molecule has 114 valence electrons. The number of hydrogen-bond donors (Lipinski definition) is 3. The molecular formula is C13H16N2O6. The molecule has 0 saturated heterocycles. The Kier molecular flexibility index (Phi) is 4.98. The fourth-order valence-electron chi connectivity index (χ4n) is 1.76. The molecule has 1 aromatic rings. The van der Waals surface area contributed by atoms with Crippen LogP contribution in [0.4, 0.5) is 5.69 Å². The van der Waals surface area contributed by atoms with Gasteiger partial charge < -0.3 is 15.5 Å². The summed E-state index contributed by atoms with van der Waals surface area (Å²) < 4.78 is 0. The van der Waals surface area contributed by atoms with Crippen molar-refractivity contribution in [3.63, 3.8) is 0 Å². The van der Waals surface area contributed by atoms with Crippen LogP contribution in [0.1, 0.15) is 29.3 Å². The highest BCUT2D eigenvalue weighted by Gasteiger charge is 2.25. The van der Waals surface area contributed by atoms with Gasteiger partial charge in [-0.05, 0) is 26.0 Å². The lowest BCUT2D eigenvalue weighted by molar-refractivity contribution is -0.385. The van der Waals surface area contributed by atoms with Gasteiger partial charge in [0.2, 0.25) is 0 Å². The summed E-state index contributed by atoms with van der Waals surface area (Å²) in [6.45, 7) is 2.56. The van der Waals surface area contributed by atoms with Crippen molar-refractivity contribution in [3.8, 4) is 0 Å². The van der Waals surface area contributed by atoms with Crippen molar-refractivity contribution >= 4 is 17.6 Å². The molecule has 0 saturated carbocycles. The van der Waals surface area contributed by atoms with Gasteiger partial charge in [-0.1, -0.05) is 0 Å². The Morgan fingerprint density at radius 2 is 2.05 bits per heavy atom. The van der Waals surface area contributed by atoms with E-state index in [0.717, 1.165) is 0 Å². The second-order valence-electron chi connectivity index (χ2n) is 5.01. The predicted octanol–water partition coefficient (Wildman–Crippen LogP) is 0.859. The first-order chi connectivity index (χ1) is 9.62. The second kappa shape index (κ2) is 6.31. The molecular weight excluding hydrogens is 280 g/mol. The van der Waals surface area contributed by atoms with Crippen LogP contribution in [-0.4, -0.2) is 39.2 Å². The standard InChI is InChI=1S/C13H16N2O6/c1-8-5-9(3-4-10(8)15(20)21)12(18)14-7-13(2,19)6-11(16)17/h3-5,19H,6-7H2,1-2H3,(H,14,18)(H,16,17). The lowest BCUT2D eigenvalue weighted by Gasteiger charge is -2.21. The fourth-order valence-corrected chi connectivity index (χ4v) is 1.76. The van der Waals surface area contributed by atoms with Crippen molar-refractivity contribution in [2.75, 3.05) is 6.54 Å². The Morgan fingerprint density at radius 3 is 2.52 bits per heavy atom. The maximum atomic E-state index is 11.9. The van der Waals surface area contributed by atoms with Crippen LogP contribution in [0.15, 0.2) is 18.2 Å².